The number of rotatable bonds is 7. The summed E-state index contributed by atoms with van der Waals surface area (Å²) in [6, 6.07) is 10.2. The molecule has 0 aromatic heterocycles. The number of nitrogens with one attached hydrogen (secondary N) is 1. The first kappa shape index (κ1) is 15.5. The lowest BCUT2D eigenvalue weighted by molar-refractivity contribution is -0.124. The predicted molar refractivity (Wildman–Crippen MR) is 84.6 cm³/mol. The first-order chi connectivity index (χ1) is 10.8. The Morgan fingerprint density at radius 1 is 1.18 bits per heavy atom. The highest BCUT2D eigenvalue weighted by atomic mass is 16.5. The molecule has 1 atom stereocenters. The van der Waals surface area contributed by atoms with Crippen LogP contribution in [0.5, 0.6) is 0 Å². The van der Waals surface area contributed by atoms with Gasteiger partial charge >= 0.3 is 0 Å². The molecule has 0 heterocycles. The lowest BCUT2D eigenvalue weighted by Crippen LogP contribution is -2.40. The van der Waals surface area contributed by atoms with Crippen LogP contribution < -0.4 is 5.32 Å². The molecule has 1 aromatic rings. The van der Waals surface area contributed by atoms with Crippen LogP contribution in [0, 0.1) is 5.41 Å². The van der Waals surface area contributed by atoms with Crippen molar-refractivity contribution < 1.29 is 14.6 Å². The van der Waals surface area contributed by atoms with Crippen LogP contribution in [0.3, 0.4) is 0 Å². The molecule has 22 heavy (non-hydrogen) atoms. The molecular weight excluding hydrogens is 278 g/mol. The summed E-state index contributed by atoms with van der Waals surface area (Å²) in [4.78, 5) is 12.9. The minimum atomic E-state index is -0.332. The molecule has 120 valence electrons. The molecule has 0 aliphatic heterocycles. The number of ether oxygens (including phenoxy) is 1. The van der Waals surface area contributed by atoms with Gasteiger partial charge in [0.15, 0.2) is 0 Å². The third-order valence-corrected chi connectivity index (χ3v) is 5.37. The molecule has 2 aliphatic carbocycles. The van der Waals surface area contributed by atoms with Crippen LogP contribution in [0.15, 0.2) is 30.3 Å². The molecule has 1 amide bonds. The SMILES string of the molecule is O=C(NCCOCCO)C1(c2ccccc2)CC12CCCC2. The molecule has 3 rings (SSSR count). The smallest absolute Gasteiger partial charge is 0.231 e. The van der Waals surface area contributed by atoms with E-state index in [1.807, 2.05) is 18.2 Å². The minimum absolute atomic E-state index is 0.0189. The van der Waals surface area contributed by atoms with Crippen molar-refractivity contribution in [3.05, 3.63) is 35.9 Å². The quantitative estimate of drug-likeness (QED) is 0.758. The van der Waals surface area contributed by atoms with Gasteiger partial charge in [-0.3, -0.25) is 4.79 Å². The number of amides is 1. The number of hydrogen-bond acceptors (Lipinski definition) is 3. The molecule has 2 saturated carbocycles. The van der Waals surface area contributed by atoms with Crippen LogP contribution >= 0.6 is 0 Å². The van der Waals surface area contributed by atoms with Gasteiger partial charge in [0.1, 0.15) is 0 Å². The number of aliphatic hydroxyl groups is 1. The molecule has 0 bridgehead atoms. The Bertz CT molecular complexity index is 510. The van der Waals surface area contributed by atoms with Crippen LogP contribution in [0.1, 0.15) is 37.7 Å². The van der Waals surface area contributed by atoms with Gasteiger partial charge in [-0.15, -0.1) is 0 Å². The second-order valence-corrected chi connectivity index (χ2v) is 6.53. The summed E-state index contributed by atoms with van der Waals surface area (Å²) < 4.78 is 5.22. The van der Waals surface area contributed by atoms with Crippen LogP contribution in [-0.4, -0.2) is 37.4 Å². The number of carbonyl (C=O) groups excluding carboxylic acids is 1. The second-order valence-electron chi connectivity index (χ2n) is 6.53. The topological polar surface area (TPSA) is 58.6 Å². The molecule has 4 heteroatoms. The van der Waals surface area contributed by atoms with E-state index in [4.69, 9.17) is 9.84 Å². The van der Waals surface area contributed by atoms with Crippen molar-refractivity contribution in [1.82, 2.24) is 5.32 Å². The zero-order valence-corrected chi connectivity index (χ0v) is 13.0. The van der Waals surface area contributed by atoms with Crippen LogP contribution in [0.2, 0.25) is 0 Å². The fourth-order valence-electron chi connectivity index (χ4n) is 4.26. The normalized spacial score (nSPS) is 25.3. The summed E-state index contributed by atoms with van der Waals surface area (Å²) >= 11 is 0. The first-order valence-electron chi connectivity index (χ1n) is 8.28. The Morgan fingerprint density at radius 2 is 1.91 bits per heavy atom. The zero-order chi connectivity index (χ0) is 15.5. The molecule has 1 unspecified atom stereocenters. The van der Waals surface area contributed by atoms with Gasteiger partial charge in [-0.25, -0.2) is 0 Å². The number of benzene rings is 1. The van der Waals surface area contributed by atoms with Crippen molar-refractivity contribution in [3.8, 4) is 0 Å². The van der Waals surface area contributed by atoms with Gasteiger partial charge in [0.05, 0.1) is 25.2 Å². The van der Waals surface area contributed by atoms with E-state index in [9.17, 15) is 4.79 Å². The van der Waals surface area contributed by atoms with Gasteiger partial charge < -0.3 is 15.2 Å². The van der Waals surface area contributed by atoms with Gasteiger partial charge in [0.2, 0.25) is 5.91 Å². The van der Waals surface area contributed by atoms with Gasteiger partial charge in [0, 0.05) is 6.54 Å². The van der Waals surface area contributed by atoms with Crippen LogP contribution in [0.4, 0.5) is 0 Å². The van der Waals surface area contributed by atoms with E-state index in [0.717, 1.165) is 24.8 Å². The van der Waals surface area contributed by atoms with E-state index in [-0.39, 0.29) is 23.3 Å². The molecule has 0 radical (unpaired) electrons. The van der Waals surface area contributed by atoms with E-state index in [1.54, 1.807) is 0 Å². The second kappa shape index (κ2) is 6.39. The first-order valence-corrected chi connectivity index (χ1v) is 8.28. The third-order valence-electron chi connectivity index (χ3n) is 5.37. The summed E-state index contributed by atoms with van der Waals surface area (Å²) in [5.41, 5.74) is 1.01. The van der Waals surface area contributed by atoms with Gasteiger partial charge in [-0.1, -0.05) is 43.2 Å². The van der Waals surface area contributed by atoms with Crippen LogP contribution in [-0.2, 0) is 14.9 Å². The third kappa shape index (κ3) is 2.55. The van der Waals surface area contributed by atoms with Crippen molar-refractivity contribution >= 4 is 5.91 Å². The van der Waals surface area contributed by atoms with Crippen molar-refractivity contribution in [1.29, 1.82) is 0 Å². The van der Waals surface area contributed by atoms with Crippen molar-refractivity contribution in [2.45, 2.75) is 37.5 Å². The van der Waals surface area contributed by atoms with E-state index < -0.39 is 0 Å². The van der Waals surface area contributed by atoms with Gasteiger partial charge in [-0.2, -0.15) is 0 Å². The van der Waals surface area contributed by atoms with E-state index in [2.05, 4.69) is 17.4 Å². The molecule has 2 fully saturated rings. The summed E-state index contributed by atoms with van der Waals surface area (Å²) in [5, 5.41) is 11.7. The highest BCUT2D eigenvalue weighted by Crippen LogP contribution is 2.72. The lowest BCUT2D eigenvalue weighted by Gasteiger charge is -2.22. The molecule has 2 aliphatic rings. The Balaban J connectivity index is 1.70. The number of aliphatic hydroxyl groups excluding tert-OH is 1. The standard InChI is InChI=1S/C18H25NO3/c20-11-13-22-12-10-19-16(21)18(15-6-2-1-3-7-15)14-17(18)8-4-5-9-17/h1-3,6-7,20H,4-5,8-14H2,(H,19,21). The van der Waals surface area contributed by atoms with E-state index in [1.165, 1.54) is 12.8 Å². The lowest BCUT2D eigenvalue weighted by atomic mass is 9.84. The monoisotopic (exact) mass is 303 g/mol. The minimum Gasteiger partial charge on any atom is -0.394 e. The average Bonchev–Trinajstić information content (AvgIpc) is 2.96. The molecule has 1 spiro atoms. The van der Waals surface area contributed by atoms with Gasteiger partial charge in [-0.05, 0) is 30.2 Å². The summed E-state index contributed by atoms with van der Waals surface area (Å²) in [5.74, 6) is 0.146. The van der Waals surface area contributed by atoms with Crippen molar-refractivity contribution in [2.24, 2.45) is 5.41 Å². The van der Waals surface area contributed by atoms with Gasteiger partial charge in [0.25, 0.3) is 0 Å². The average molecular weight is 303 g/mol. The Hall–Kier alpha value is -1.39. The zero-order valence-electron chi connectivity index (χ0n) is 13.0. The summed E-state index contributed by atoms with van der Waals surface area (Å²) in [6.45, 7) is 1.29. The molecule has 1 aromatic carbocycles. The fourth-order valence-corrected chi connectivity index (χ4v) is 4.26. The number of hydrogen-bond donors (Lipinski definition) is 2. The predicted octanol–water partition coefficient (Wildman–Crippen LogP) is 2.01. The molecule has 2 N–H and O–H groups in total. The Morgan fingerprint density at radius 3 is 2.59 bits per heavy atom. The Kier molecular flexibility index (Phi) is 4.50. The maximum absolute atomic E-state index is 12.9. The maximum Gasteiger partial charge on any atom is 0.231 e. The van der Waals surface area contributed by atoms with Crippen molar-refractivity contribution in [2.75, 3.05) is 26.4 Å². The number of carbonyl (C=O) groups is 1. The van der Waals surface area contributed by atoms with Crippen LogP contribution in [0.25, 0.3) is 0 Å². The largest absolute Gasteiger partial charge is 0.394 e. The molecule has 4 nitrogen and oxygen atoms in total. The molecular formula is C18H25NO3. The Labute approximate surface area is 131 Å². The summed E-state index contributed by atoms with van der Waals surface area (Å²) in [7, 11) is 0. The van der Waals surface area contributed by atoms with Crippen molar-refractivity contribution in [3.63, 3.8) is 0 Å². The highest BCUT2D eigenvalue weighted by molar-refractivity contribution is 5.93. The molecule has 0 saturated heterocycles. The highest BCUT2D eigenvalue weighted by Gasteiger charge is 2.72. The van der Waals surface area contributed by atoms with E-state index >= 15 is 0 Å². The summed E-state index contributed by atoms with van der Waals surface area (Å²) in [6.07, 6.45) is 5.78. The maximum atomic E-state index is 12.9. The van der Waals surface area contributed by atoms with E-state index in [0.29, 0.717) is 19.8 Å². The fraction of sp³-hybridized carbons (Fsp3) is 0.611.